The first-order chi connectivity index (χ1) is 8.33. The van der Waals surface area contributed by atoms with Crippen molar-refractivity contribution in [2.45, 2.75) is 31.6 Å². The summed E-state index contributed by atoms with van der Waals surface area (Å²) in [6.45, 7) is 4.42. The first-order valence-electron chi connectivity index (χ1n) is 5.78. The van der Waals surface area contributed by atoms with Gasteiger partial charge in [-0.25, -0.2) is 4.98 Å². The van der Waals surface area contributed by atoms with Crippen LogP contribution in [0.2, 0.25) is 0 Å². The molecule has 2 rings (SSSR count). The molecule has 0 spiro atoms. The lowest BCUT2D eigenvalue weighted by Crippen LogP contribution is -1.90. The Labute approximate surface area is 110 Å². The monoisotopic (exact) mass is 264 g/mol. The van der Waals surface area contributed by atoms with E-state index in [1.807, 2.05) is 16.5 Å². The number of nitrogens with zero attached hydrogens (tertiary/aromatic N) is 2. The van der Waals surface area contributed by atoms with E-state index >= 15 is 0 Å². The number of aromatic nitrogens is 2. The second-order valence-corrected chi connectivity index (χ2v) is 5.87. The van der Waals surface area contributed by atoms with E-state index in [0.29, 0.717) is 0 Å². The van der Waals surface area contributed by atoms with Gasteiger partial charge < -0.3 is 0 Å². The van der Waals surface area contributed by atoms with E-state index in [-0.39, 0.29) is 0 Å². The van der Waals surface area contributed by atoms with Gasteiger partial charge in [0, 0.05) is 28.3 Å². The van der Waals surface area contributed by atoms with Crippen LogP contribution in [-0.4, -0.2) is 8.96 Å². The molecule has 0 saturated heterocycles. The van der Waals surface area contributed by atoms with Gasteiger partial charge in [0.2, 0.25) is 0 Å². The van der Waals surface area contributed by atoms with Crippen molar-refractivity contribution in [1.29, 1.82) is 0 Å². The second kappa shape index (κ2) is 6.17. The summed E-state index contributed by atoms with van der Waals surface area (Å²) in [4.78, 5) is 5.33. The highest BCUT2D eigenvalue weighted by Crippen LogP contribution is 2.33. The molecule has 0 amide bonds. The molecule has 0 aliphatic carbocycles. The van der Waals surface area contributed by atoms with E-state index < -0.39 is 0 Å². The Kier molecular flexibility index (Phi) is 4.57. The van der Waals surface area contributed by atoms with Crippen LogP contribution in [0.1, 0.15) is 25.0 Å². The van der Waals surface area contributed by atoms with E-state index in [1.54, 1.807) is 28.0 Å². The number of benzene rings is 1. The predicted molar refractivity (Wildman–Crippen MR) is 76.3 cm³/mol. The van der Waals surface area contributed by atoms with Crippen molar-refractivity contribution >= 4 is 21.8 Å². The van der Waals surface area contributed by atoms with E-state index in [9.17, 15) is 0 Å². The zero-order valence-electron chi connectivity index (χ0n) is 10.1. The molecular formula is C13H16N2S2. The number of hydrogen-bond acceptors (Lipinski definition) is 3. The molecule has 1 heterocycles. The smallest absolute Gasteiger partial charge is 0.105 e. The van der Waals surface area contributed by atoms with Crippen molar-refractivity contribution in [2.24, 2.45) is 0 Å². The van der Waals surface area contributed by atoms with Crippen molar-refractivity contribution in [1.82, 2.24) is 8.96 Å². The molecule has 4 heteroatoms. The number of aryl methyl sites for hydroxylation is 2. The van der Waals surface area contributed by atoms with Crippen molar-refractivity contribution in [2.75, 3.05) is 0 Å². The molecule has 1 aromatic heterocycles. The van der Waals surface area contributed by atoms with Crippen molar-refractivity contribution in [3.63, 3.8) is 0 Å². The summed E-state index contributed by atoms with van der Waals surface area (Å²) in [5.41, 5.74) is 2.92. The zero-order valence-corrected chi connectivity index (χ0v) is 11.7. The highest BCUT2D eigenvalue weighted by molar-refractivity contribution is 8.76. The minimum Gasteiger partial charge on any atom is -0.271 e. The molecule has 0 unspecified atom stereocenters. The van der Waals surface area contributed by atoms with Crippen molar-refractivity contribution in [3.8, 4) is 0 Å². The number of rotatable bonds is 5. The molecule has 0 saturated carbocycles. The van der Waals surface area contributed by atoms with Crippen LogP contribution >= 0.6 is 21.8 Å². The van der Waals surface area contributed by atoms with Gasteiger partial charge in [-0.15, -0.1) is 0 Å². The SMILES string of the molecule is CCc1ccc(SSn2ccnc2)cc1CC. The highest BCUT2D eigenvalue weighted by atomic mass is 33.1. The van der Waals surface area contributed by atoms with Crippen molar-refractivity contribution < 1.29 is 0 Å². The van der Waals surface area contributed by atoms with E-state index in [0.717, 1.165) is 12.8 Å². The molecule has 0 radical (unpaired) electrons. The summed E-state index contributed by atoms with van der Waals surface area (Å²) in [6.07, 6.45) is 7.79. The standard InChI is InChI=1S/C13H16N2S2/c1-3-11-5-6-13(9-12(11)4-2)16-17-15-8-7-14-10-15/h5-10H,3-4H2,1-2H3. The molecule has 0 fully saturated rings. The maximum atomic E-state index is 4.02. The van der Waals surface area contributed by atoms with Crippen LogP contribution in [0.4, 0.5) is 0 Å². The Hall–Kier alpha value is -0.870. The van der Waals surface area contributed by atoms with E-state index in [2.05, 4.69) is 37.0 Å². The largest absolute Gasteiger partial charge is 0.271 e. The Morgan fingerprint density at radius 1 is 1.18 bits per heavy atom. The van der Waals surface area contributed by atoms with Crippen LogP contribution in [0.15, 0.2) is 41.8 Å². The first-order valence-corrected chi connectivity index (χ1v) is 7.89. The van der Waals surface area contributed by atoms with Gasteiger partial charge >= 0.3 is 0 Å². The van der Waals surface area contributed by atoms with Crippen LogP contribution in [0.3, 0.4) is 0 Å². The summed E-state index contributed by atoms with van der Waals surface area (Å²) in [5.74, 6) is 0. The molecule has 1 aromatic carbocycles. The van der Waals surface area contributed by atoms with Crippen LogP contribution < -0.4 is 0 Å². The van der Waals surface area contributed by atoms with Gasteiger partial charge in [0.1, 0.15) is 6.33 Å². The Morgan fingerprint density at radius 3 is 2.65 bits per heavy atom. The minimum absolute atomic E-state index is 1.10. The summed E-state index contributed by atoms with van der Waals surface area (Å²) in [5, 5.41) is 0. The highest BCUT2D eigenvalue weighted by Gasteiger charge is 2.02. The Balaban J connectivity index is 2.06. The maximum absolute atomic E-state index is 4.02. The number of imidazole rings is 1. The minimum atomic E-state index is 1.10. The van der Waals surface area contributed by atoms with Gasteiger partial charge in [0.15, 0.2) is 0 Å². The third kappa shape index (κ3) is 3.30. The van der Waals surface area contributed by atoms with Crippen molar-refractivity contribution in [3.05, 3.63) is 48.0 Å². The quantitative estimate of drug-likeness (QED) is 0.753. The molecule has 2 aromatic rings. The van der Waals surface area contributed by atoms with Gasteiger partial charge in [0.05, 0.1) is 0 Å². The molecule has 2 nitrogen and oxygen atoms in total. The topological polar surface area (TPSA) is 17.8 Å². The lowest BCUT2D eigenvalue weighted by molar-refractivity contribution is 1.03. The van der Waals surface area contributed by atoms with Crippen LogP contribution in [-0.2, 0) is 12.8 Å². The lowest BCUT2D eigenvalue weighted by Gasteiger charge is -2.08. The fourth-order valence-electron chi connectivity index (χ4n) is 1.71. The molecule has 0 aliphatic rings. The molecule has 0 bridgehead atoms. The molecule has 17 heavy (non-hydrogen) atoms. The fourth-order valence-corrected chi connectivity index (χ4v) is 3.48. The average molecular weight is 264 g/mol. The van der Waals surface area contributed by atoms with Gasteiger partial charge in [-0.2, -0.15) is 0 Å². The second-order valence-electron chi connectivity index (χ2n) is 3.72. The Bertz CT molecular complexity index is 466. The maximum Gasteiger partial charge on any atom is 0.105 e. The molecule has 90 valence electrons. The number of hydrogen-bond donors (Lipinski definition) is 0. The van der Waals surface area contributed by atoms with Crippen LogP contribution in [0.25, 0.3) is 0 Å². The molecule has 0 atom stereocenters. The van der Waals surface area contributed by atoms with E-state index in [4.69, 9.17) is 0 Å². The summed E-state index contributed by atoms with van der Waals surface area (Å²) >= 11 is 0. The summed E-state index contributed by atoms with van der Waals surface area (Å²) in [6, 6.07) is 6.75. The third-order valence-electron chi connectivity index (χ3n) is 2.64. The fraction of sp³-hybridized carbons (Fsp3) is 0.308. The van der Waals surface area contributed by atoms with Crippen LogP contribution in [0.5, 0.6) is 0 Å². The van der Waals surface area contributed by atoms with Gasteiger partial charge in [-0.3, -0.25) is 3.97 Å². The third-order valence-corrected chi connectivity index (χ3v) is 4.87. The summed E-state index contributed by atoms with van der Waals surface area (Å²) < 4.78 is 2.00. The van der Waals surface area contributed by atoms with Crippen LogP contribution in [0, 0.1) is 0 Å². The first kappa shape index (κ1) is 12.6. The van der Waals surface area contributed by atoms with Gasteiger partial charge in [-0.1, -0.05) is 19.9 Å². The predicted octanol–water partition coefficient (Wildman–Crippen LogP) is 4.21. The molecular weight excluding hydrogens is 248 g/mol. The normalized spacial score (nSPS) is 10.7. The summed E-state index contributed by atoms with van der Waals surface area (Å²) in [7, 11) is 3.45. The van der Waals surface area contributed by atoms with Gasteiger partial charge in [-0.05, 0) is 46.9 Å². The average Bonchev–Trinajstić information content (AvgIpc) is 2.89. The zero-order chi connectivity index (χ0) is 12.1. The Morgan fingerprint density at radius 2 is 2.00 bits per heavy atom. The van der Waals surface area contributed by atoms with E-state index in [1.165, 1.54) is 16.0 Å². The van der Waals surface area contributed by atoms with Gasteiger partial charge in [0.25, 0.3) is 0 Å². The molecule has 0 aliphatic heterocycles. The molecule has 0 N–H and O–H groups in total. The lowest BCUT2D eigenvalue weighted by atomic mass is 10.0.